The van der Waals surface area contributed by atoms with Crippen molar-refractivity contribution < 1.29 is 9.59 Å². The summed E-state index contributed by atoms with van der Waals surface area (Å²) in [6, 6.07) is 20.8. The SMILES string of the molecule is CCc1ccc(C)cc1NC(=O)c1ccc(Nc2ncc3c(n2)-c2ccccc2NC(=O)C3)cc1. The first-order valence-electron chi connectivity index (χ1n) is 11.5. The normalized spacial score (nSPS) is 12.1. The van der Waals surface area contributed by atoms with Crippen molar-refractivity contribution in [2.24, 2.45) is 0 Å². The van der Waals surface area contributed by atoms with Crippen LogP contribution in [-0.2, 0) is 17.6 Å². The molecule has 0 bridgehead atoms. The molecule has 174 valence electrons. The van der Waals surface area contributed by atoms with Crippen LogP contribution >= 0.6 is 0 Å². The molecule has 5 rings (SSSR count). The molecular weight excluding hydrogens is 438 g/mol. The molecular formula is C28H25N5O2. The molecule has 2 heterocycles. The predicted octanol–water partition coefficient (Wildman–Crippen LogP) is 5.50. The second-order valence-electron chi connectivity index (χ2n) is 8.51. The van der Waals surface area contributed by atoms with E-state index in [9.17, 15) is 9.59 Å². The van der Waals surface area contributed by atoms with Gasteiger partial charge in [-0.05, 0) is 60.9 Å². The van der Waals surface area contributed by atoms with E-state index in [2.05, 4.69) is 27.9 Å². The third-order valence-corrected chi connectivity index (χ3v) is 5.97. The summed E-state index contributed by atoms with van der Waals surface area (Å²) in [6.07, 6.45) is 2.74. The molecule has 7 nitrogen and oxygen atoms in total. The Morgan fingerprint density at radius 1 is 1.06 bits per heavy atom. The molecule has 0 saturated heterocycles. The molecule has 1 aliphatic rings. The van der Waals surface area contributed by atoms with E-state index in [1.165, 1.54) is 0 Å². The van der Waals surface area contributed by atoms with E-state index in [4.69, 9.17) is 4.98 Å². The lowest BCUT2D eigenvalue weighted by Gasteiger charge is -2.12. The highest BCUT2D eigenvalue weighted by atomic mass is 16.2. The second-order valence-corrected chi connectivity index (χ2v) is 8.51. The summed E-state index contributed by atoms with van der Waals surface area (Å²) in [5, 5.41) is 9.14. The number of carbonyl (C=O) groups is 2. The maximum atomic E-state index is 12.8. The first-order chi connectivity index (χ1) is 17.0. The largest absolute Gasteiger partial charge is 0.325 e. The van der Waals surface area contributed by atoms with Crippen LogP contribution in [0.1, 0.15) is 34.0 Å². The van der Waals surface area contributed by atoms with E-state index >= 15 is 0 Å². The predicted molar refractivity (Wildman–Crippen MR) is 138 cm³/mol. The van der Waals surface area contributed by atoms with Crippen molar-refractivity contribution in [3.05, 3.63) is 95.2 Å². The molecule has 0 saturated carbocycles. The molecule has 2 amide bonds. The maximum Gasteiger partial charge on any atom is 0.255 e. The van der Waals surface area contributed by atoms with Crippen molar-refractivity contribution in [2.75, 3.05) is 16.0 Å². The van der Waals surface area contributed by atoms with Gasteiger partial charge in [0.05, 0.1) is 17.8 Å². The highest BCUT2D eigenvalue weighted by Crippen LogP contribution is 2.32. The van der Waals surface area contributed by atoms with Crippen molar-refractivity contribution >= 4 is 34.8 Å². The zero-order valence-corrected chi connectivity index (χ0v) is 19.6. The first-order valence-corrected chi connectivity index (χ1v) is 11.5. The summed E-state index contributed by atoms with van der Waals surface area (Å²) < 4.78 is 0. The van der Waals surface area contributed by atoms with E-state index in [1.807, 2.05) is 61.5 Å². The quantitative estimate of drug-likeness (QED) is 0.363. The summed E-state index contributed by atoms with van der Waals surface area (Å²) in [7, 11) is 0. The molecule has 35 heavy (non-hydrogen) atoms. The van der Waals surface area contributed by atoms with E-state index in [-0.39, 0.29) is 18.2 Å². The lowest BCUT2D eigenvalue weighted by Crippen LogP contribution is -2.13. The zero-order chi connectivity index (χ0) is 24.4. The Hall–Kier alpha value is -4.52. The van der Waals surface area contributed by atoms with Crippen molar-refractivity contribution in [3.63, 3.8) is 0 Å². The number of hydrogen-bond acceptors (Lipinski definition) is 5. The van der Waals surface area contributed by atoms with Crippen LogP contribution in [0.3, 0.4) is 0 Å². The number of carbonyl (C=O) groups excluding carboxylic acids is 2. The number of fused-ring (bicyclic) bond motifs is 3. The zero-order valence-electron chi connectivity index (χ0n) is 19.6. The number of nitrogens with zero attached hydrogens (tertiary/aromatic N) is 2. The molecule has 0 spiro atoms. The monoisotopic (exact) mass is 463 g/mol. The number of aromatic nitrogens is 2. The van der Waals surface area contributed by atoms with Crippen LogP contribution < -0.4 is 16.0 Å². The van der Waals surface area contributed by atoms with Gasteiger partial charge in [-0.2, -0.15) is 0 Å². The molecule has 7 heteroatoms. The smallest absolute Gasteiger partial charge is 0.255 e. The van der Waals surface area contributed by atoms with Gasteiger partial charge >= 0.3 is 0 Å². The van der Waals surface area contributed by atoms with Crippen LogP contribution in [0.4, 0.5) is 23.0 Å². The fraction of sp³-hybridized carbons (Fsp3) is 0.143. The molecule has 0 radical (unpaired) electrons. The molecule has 4 aromatic rings. The van der Waals surface area contributed by atoms with Gasteiger partial charge < -0.3 is 16.0 Å². The van der Waals surface area contributed by atoms with Gasteiger partial charge in [-0.25, -0.2) is 9.97 Å². The number of rotatable bonds is 5. The summed E-state index contributed by atoms with van der Waals surface area (Å²) in [5.41, 5.74) is 7.42. The summed E-state index contributed by atoms with van der Waals surface area (Å²) in [6.45, 7) is 4.07. The Kier molecular flexibility index (Phi) is 5.97. The third-order valence-electron chi connectivity index (χ3n) is 5.97. The standard InChI is InChI=1S/C28H25N5O2/c1-3-18-9-8-17(2)14-24(18)32-27(35)19-10-12-21(13-11-19)30-28-29-16-20-15-25(34)31-23-7-5-4-6-22(23)26(20)33-28/h4-14,16H,3,15H2,1-2H3,(H,31,34)(H,32,35)(H,29,30,33). The molecule has 1 aliphatic heterocycles. The minimum absolute atomic E-state index is 0.0916. The van der Waals surface area contributed by atoms with Gasteiger partial charge in [0.1, 0.15) is 0 Å². The van der Waals surface area contributed by atoms with Crippen molar-refractivity contribution in [1.29, 1.82) is 0 Å². The Morgan fingerprint density at radius 2 is 1.86 bits per heavy atom. The summed E-state index contributed by atoms with van der Waals surface area (Å²) >= 11 is 0. The Balaban J connectivity index is 1.35. The summed E-state index contributed by atoms with van der Waals surface area (Å²) in [5.74, 6) is 0.162. The van der Waals surface area contributed by atoms with E-state index < -0.39 is 0 Å². The van der Waals surface area contributed by atoms with E-state index in [1.54, 1.807) is 18.3 Å². The Morgan fingerprint density at radius 3 is 2.66 bits per heavy atom. The minimum atomic E-state index is -0.160. The number of para-hydroxylation sites is 1. The molecule has 3 aromatic carbocycles. The van der Waals surface area contributed by atoms with Gasteiger partial charge in [0, 0.05) is 34.3 Å². The van der Waals surface area contributed by atoms with Crippen LogP contribution in [0.25, 0.3) is 11.3 Å². The van der Waals surface area contributed by atoms with Crippen LogP contribution in [0, 0.1) is 6.92 Å². The van der Waals surface area contributed by atoms with Crippen LogP contribution in [0.2, 0.25) is 0 Å². The highest BCUT2D eigenvalue weighted by molar-refractivity contribution is 6.05. The minimum Gasteiger partial charge on any atom is -0.325 e. The molecule has 3 N–H and O–H groups in total. The Labute approximate surface area is 203 Å². The van der Waals surface area contributed by atoms with E-state index in [0.717, 1.165) is 51.4 Å². The van der Waals surface area contributed by atoms with Crippen LogP contribution in [-0.4, -0.2) is 21.8 Å². The second kappa shape index (κ2) is 9.38. The van der Waals surface area contributed by atoms with Gasteiger partial charge in [0.2, 0.25) is 11.9 Å². The number of aryl methyl sites for hydroxylation is 2. The maximum absolute atomic E-state index is 12.8. The number of nitrogens with one attached hydrogen (secondary N) is 3. The molecule has 0 aliphatic carbocycles. The molecule has 1 aromatic heterocycles. The fourth-order valence-corrected chi connectivity index (χ4v) is 4.14. The van der Waals surface area contributed by atoms with Crippen LogP contribution in [0.5, 0.6) is 0 Å². The van der Waals surface area contributed by atoms with Gasteiger partial charge in [-0.1, -0.05) is 37.3 Å². The van der Waals surface area contributed by atoms with E-state index in [0.29, 0.717) is 11.5 Å². The highest BCUT2D eigenvalue weighted by Gasteiger charge is 2.20. The lowest BCUT2D eigenvalue weighted by atomic mass is 10.1. The van der Waals surface area contributed by atoms with Crippen molar-refractivity contribution in [2.45, 2.75) is 26.7 Å². The lowest BCUT2D eigenvalue weighted by molar-refractivity contribution is -0.115. The number of amides is 2. The van der Waals surface area contributed by atoms with Crippen molar-refractivity contribution in [3.8, 4) is 11.3 Å². The number of hydrogen-bond donors (Lipinski definition) is 3. The average molecular weight is 464 g/mol. The summed E-state index contributed by atoms with van der Waals surface area (Å²) in [4.78, 5) is 34.1. The van der Waals surface area contributed by atoms with Gasteiger partial charge in [-0.15, -0.1) is 0 Å². The average Bonchev–Trinajstić information content (AvgIpc) is 3.00. The number of benzene rings is 3. The first kappa shape index (κ1) is 22.3. The third kappa shape index (κ3) is 4.75. The van der Waals surface area contributed by atoms with Gasteiger partial charge in [0.15, 0.2) is 0 Å². The van der Waals surface area contributed by atoms with Crippen LogP contribution in [0.15, 0.2) is 72.9 Å². The topological polar surface area (TPSA) is 96.0 Å². The number of anilines is 4. The fourth-order valence-electron chi connectivity index (χ4n) is 4.14. The molecule has 0 fully saturated rings. The van der Waals surface area contributed by atoms with Gasteiger partial charge in [-0.3, -0.25) is 9.59 Å². The van der Waals surface area contributed by atoms with Crippen molar-refractivity contribution in [1.82, 2.24) is 9.97 Å². The van der Waals surface area contributed by atoms with Gasteiger partial charge in [0.25, 0.3) is 5.91 Å². The molecule has 0 atom stereocenters. The Bertz CT molecular complexity index is 1430. The molecule has 0 unspecified atom stereocenters.